The van der Waals surface area contributed by atoms with Gasteiger partial charge in [0.25, 0.3) is 0 Å². The monoisotopic (exact) mass is 401 g/mol. The highest BCUT2D eigenvalue weighted by Gasteiger charge is 2.16. The standard InChI is InChI=1S/C20H24BrN3O/c1-15-3-4-17(16(2)11-15)14-23-7-9-24(10-8-23)22-13-18-12-19(21)5-6-20(18)25/h3-6,11-13,25H,7-10,14H2,1-2H3/b22-13-. The van der Waals surface area contributed by atoms with Crippen LogP contribution in [0.3, 0.4) is 0 Å². The van der Waals surface area contributed by atoms with Crippen molar-refractivity contribution in [3.8, 4) is 5.75 Å². The highest BCUT2D eigenvalue weighted by molar-refractivity contribution is 9.10. The van der Waals surface area contributed by atoms with E-state index in [9.17, 15) is 5.11 Å². The van der Waals surface area contributed by atoms with Crippen LogP contribution in [0.15, 0.2) is 46.0 Å². The zero-order valence-electron chi connectivity index (χ0n) is 14.7. The Balaban J connectivity index is 1.55. The first-order valence-corrected chi connectivity index (χ1v) is 9.36. The van der Waals surface area contributed by atoms with Crippen molar-refractivity contribution < 1.29 is 5.11 Å². The molecule has 0 aromatic heterocycles. The second kappa shape index (κ2) is 8.02. The van der Waals surface area contributed by atoms with Crippen molar-refractivity contribution in [3.63, 3.8) is 0 Å². The van der Waals surface area contributed by atoms with Crippen molar-refractivity contribution in [2.75, 3.05) is 26.2 Å². The van der Waals surface area contributed by atoms with E-state index in [1.54, 1.807) is 12.3 Å². The number of benzene rings is 2. The Bertz CT molecular complexity index is 768. The second-order valence-corrected chi connectivity index (χ2v) is 7.52. The molecule has 0 aliphatic carbocycles. The van der Waals surface area contributed by atoms with Crippen molar-refractivity contribution in [1.29, 1.82) is 0 Å². The van der Waals surface area contributed by atoms with Gasteiger partial charge in [0.1, 0.15) is 5.75 Å². The summed E-state index contributed by atoms with van der Waals surface area (Å²) in [5.74, 6) is 0.250. The molecule has 132 valence electrons. The molecule has 5 heteroatoms. The van der Waals surface area contributed by atoms with Gasteiger partial charge in [-0.2, -0.15) is 5.10 Å². The van der Waals surface area contributed by atoms with Gasteiger partial charge in [-0.25, -0.2) is 0 Å². The molecule has 1 saturated heterocycles. The number of hydrogen-bond donors (Lipinski definition) is 1. The summed E-state index contributed by atoms with van der Waals surface area (Å²) in [6.45, 7) is 9.11. The normalized spacial score (nSPS) is 15.9. The molecule has 0 unspecified atom stereocenters. The number of hydrazone groups is 1. The Kier molecular flexibility index (Phi) is 5.76. The molecule has 2 aromatic carbocycles. The molecule has 1 fully saturated rings. The quantitative estimate of drug-likeness (QED) is 0.788. The maximum absolute atomic E-state index is 9.88. The van der Waals surface area contributed by atoms with Gasteiger partial charge in [0.2, 0.25) is 0 Å². The molecule has 1 aliphatic heterocycles. The van der Waals surface area contributed by atoms with Crippen LogP contribution < -0.4 is 0 Å². The van der Waals surface area contributed by atoms with Gasteiger partial charge in [0, 0.05) is 42.8 Å². The lowest BCUT2D eigenvalue weighted by atomic mass is 10.1. The lowest BCUT2D eigenvalue weighted by molar-refractivity contribution is 0.131. The van der Waals surface area contributed by atoms with Crippen molar-refractivity contribution in [3.05, 3.63) is 63.1 Å². The van der Waals surface area contributed by atoms with E-state index in [1.807, 2.05) is 12.1 Å². The number of piperazine rings is 1. The van der Waals surface area contributed by atoms with Gasteiger partial charge in [-0.3, -0.25) is 9.91 Å². The van der Waals surface area contributed by atoms with Crippen molar-refractivity contribution >= 4 is 22.1 Å². The van der Waals surface area contributed by atoms with Gasteiger partial charge < -0.3 is 5.11 Å². The molecule has 3 rings (SSSR count). The first kappa shape index (κ1) is 18.0. The molecule has 1 heterocycles. The summed E-state index contributed by atoms with van der Waals surface area (Å²) in [7, 11) is 0. The summed E-state index contributed by atoms with van der Waals surface area (Å²) < 4.78 is 0.935. The molecule has 0 spiro atoms. The van der Waals surface area contributed by atoms with E-state index in [2.05, 4.69) is 63.0 Å². The number of rotatable bonds is 4. The topological polar surface area (TPSA) is 39.1 Å². The summed E-state index contributed by atoms with van der Waals surface area (Å²) >= 11 is 3.42. The van der Waals surface area contributed by atoms with Crippen LogP contribution in [-0.4, -0.2) is 47.4 Å². The molecule has 0 radical (unpaired) electrons. The third kappa shape index (κ3) is 4.83. The molecule has 0 saturated carbocycles. The van der Waals surface area contributed by atoms with E-state index in [4.69, 9.17) is 0 Å². The Morgan fingerprint density at radius 2 is 1.84 bits per heavy atom. The number of aromatic hydroxyl groups is 1. The minimum absolute atomic E-state index is 0.250. The number of halogens is 1. The molecule has 1 N–H and O–H groups in total. The van der Waals surface area contributed by atoms with Crippen LogP contribution in [0.1, 0.15) is 22.3 Å². The molecular formula is C20H24BrN3O. The van der Waals surface area contributed by atoms with E-state index in [0.717, 1.165) is 42.8 Å². The van der Waals surface area contributed by atoms with Gasteiger partial charge in [-0.1, -0.05) is 39.7 Å². The molecule has 0 atom stereocenters. The largest absolute Gasteiger partial charge is 0.507 e. The fraction of sp³-hybridized carbons (Fsp3) is 0.350. The number of phenolic OH excluding ortho intramolecular Hbond substituents is 1. The lowest BCUT2D eigenvalue weighted by Gasteiger charge is -2.33. The molecule has 25 heavy (non-hydrogen) atoms. The highest BCUT2D eigenvalue weighted by atomic mass is 79.9. The summed E-state index contributed by atoms with van der Waals surface area (Å²) in [6, 6.07) is 12.0. The van der Waals surface area contributed by atoms with Gasteiger partial charge in [-0.15, -0.1) is 0 Å². The number of nitrogens with zero attached hydrogens (tertiary/aromatic N) is 3. The number of hydrogen-bond acceptors (Lipinski definition) is 4. The third-order valence-corrected chi connectivity index (χ3v) is 5.08. The summed E-state index contributed by atoms with van der Waals surface area (Å²) in [5, 5.41) is 16.5. The fourth-order valence-corrected chi connectivity index (χ4v) is 3.43. The Hall–Kier alpha value is -1.85. The van der Waals surface area contributed by atoms with Gasteiger partial charge in [0.15, 0.2) is 0 Å². The number of aryl methyl sites for hydroxylation is 2. The van der Waals surface area contributed by atoms with Crippen molar-refractivity contribution in [2.45, 2.75) is 20.4 Å². The first-order valence-electron chi connectivity index (χ1n) is 8.57. The molecule has 0 bridgehead atoms. The zero-order valence-corrected chi connectivity index (χ0v) is 16.3. The van der Waals surface area contributed by atoms with Gasteiger partial charge in [-0.05, 0) is 43.2 Å². The van der Waals surface area contributed by atoms with E-state index >= 15 is 0 Å². The van der Waals surface area contributed by atoms with Crippen LogP contribution in [0.25, 0.3) is 0 Å². The molecule has 1 aliphatic rings. The molecule has 4 nitrogen and oxygen atoms in total. The first-order chi connectivity index (χ1) is 12.0. The predicted molar refractivity (Wildman–Crippen MR) is 106 cm³/mol. The van der Waals surface area contributed by atoms with E-state index in [0.29, 0.717) is 0 Å². The second-order valence-electron chi connectivity index (χ2n) is 6.61. The van der Waals surface area contributed by atoms with Crippen LogP contribution in [0.5, 0.6) is 5.75 Å². The summed E-state index contributed by atoms with van der Waals surface area (Å²) in [5.41, 5.74) is 4.82. The van der Waals surface area contributed by atoms with Crippen molar-refractivity contribution in [1.82, 2.24) is 9.91 Å². The Morgan fingerprint density at radius 1 is 1.08 bits per heavy atom. The van der Waals surface area contributed by atoms with Crippen LogP contribution in [0.2, 0.25) is 0 Å². The average Bonchev–Trinajstić information content (AvgIpc) is 2.59. The number of phenols is 1. The minimum Gasteiger partial charge on any atom is -0.507 e. The van der Waals surface area contributed by atoms with Gasteiger partial charge >= 0.3 is 0 Å². The lowest BCUT2D eigenvalue weighted by Crippen LogP contribution is -2.43. The van der Waals surface area contributed by atoms with Crippen LogP contribution in [-0.2, 0) is 6.54 Å². The van der Waals surface area contributed by atoms with Crippen LogP contribution in [0.4, 0.5) is 0 Å². The fourth-order valence-electron chi connectivity index (χ4n) is 3.05. The summed E-state index contributed by atoms with van der Waals surface area (Å²) in [6.07, 6.45) is 1.74. The van der Waals surface area contributed by atoms with Crippen molar-refractivity contribution in [2.24, 2.45) is 5.10 Å². The maximum Gasteiger partial charge on any atom is 0.124 e. The Morgan fingerprint density at radius 3 is 2.56 bits per heavy atom. The SMILES string of the molecule is Cc1ccc(CN2CCN(/N=C\c3cc(Br)ccc3O)CC2)c(C)c1. The van der Waals surface area contributed by atoms with Gasteiger partial charge in [0.05, 0.1) is 6.21 Å². The smallest absolute Gasteiger partial charge is 0.124 e. The predicted octanol–water partition coefficient (Wildman–Crippen LogP) is 3.92. The van der Waals surface area contributed by atoms with E-state index < -0.39 is 0 Å². The minimum atomic E-state index is 0.250. The summed E-state index contributed by atoms with van der Waals surface area (Å²) in [4.78, 5) is 2.47. The van der Waals surface area contributed by atoms with E-state index in [-0.39, 0.29) is 5.75 Å². The highest BCUT2D eigenvalue weighted by Crippen LogP contribution is 2.20. The molecule has 2 aromatic rings. The average molecular weight is 402 g/mol. The maximum atomic E-state index is 9.88. The Labute approximate surface area is 157 Å². The van der Waals surface area contributed by atoms with Crippen LogP contribution in [0, 0.1) is 13.8 Å². The zero-order chi connectivity index (χ0) is 17.8. The molecule has 0 amide bonds. The van der Waals surface area contributed by atoms with Crippen LogP contribution >= 0.6 is 15.9 Å². The molecular weight excluding hydrogens is 378 g/mol. The third-order valence-electron chi connectivity index (χ3n) is 4.59. The van der Waals surface area contributed by atoms with E-state index in [1.165, 1.54) is 16.7 Å².